The second-order valence-electron chi connectivity index (χ2n) is 4.73. The van der Waals surface area contributed by atoms with Crippen molar-refractivity contribution in [2.45, 2.75) is 25.4 Å². The lowest BCUT2D eigenvalue weighted by Crippen LogP contribution is -2.21. The molecule has 0 amide bonds. The fourth-order valence-corrected chi connectivity index (χ4v) is 2.55. The molecule has 1 aromatic rings. The van der Waals surface area contributed by atoms with Crippen LogP contribution in [-0.4, -0.2) is 35.0 Å². The van der Waals surface area contributed by atoms with Crippen LogP contribution < -0.4 is 10.9 Å². The van der Waals surface area contributed by atoms with Gasteiger partial charge in [0.25, 0.3) is 5.56 Å². The highest BCUT2D eigenvalue weighted by Gasteiger charge is 2.25. The third kappa shape index (κ3) is 1.56. The van der Waals surface area contributed by atoms with Gasteiger partial charge in [-0.1, -0.05) is 0 Å². The maximum Gasteiger partial charge on any atom is 0.255 e. The summed E-state index contributed by atoms with van der Waals surface area (Å²) in [7, 11) is 2.10. The molecule has 1 aromatic heterocycles. The van der Waals surface area contributed by atoms with Gasteiger partial charge in [0.15, 0.2) is 0 Å². The molecule has 0 aliphatic carbocycles. The van der Waals surface area contributed by atoms with Gasteiger partial charge < -0.3 is 15.2 Å². The van der Waals surface area contributed by atoms with Crippen molar-refractivity contribution in [2.24, 2.45) is 0 Å². The molecule has 0 bridgehead atoms. The molecular weight excluding hydrogens is 204 g/mol. The Morgan fingerprint density at radius 2 is 2.31 bits per heavy atom. The molecule has 2 aliphatic rings. The molecule has 3 rings (SSSR count). The second-order valence-corrected chi connectivity index (χ2v) is 4.73. The molecule has 0 spiro atoms. The Bertz CT molecular complexity index is 468. The predicted octanol–water partition coefficient (Wildman–Crippen LogP) is -0.208. The lowest BCUT2D eigenvalue weighted by Gasteiger charge is -2.10. The van der Waals surface area contributed by atoms with Crippen LogP contribution >= 0.6 is 0 Å². The van der Waals surface area contributed by atoms with Gasteiger partial charge in [0.05, 0.1) is 11.3 Å². The minimum Gasteiger partial charge on any atom is -0.310 e. The monoisotopic (exact) mass is 220 g/mol. The molecule has 1 unspecified atom stereocenters. The van der Waals surface area contributed by atoms with Gasteiger partial charge in [-0.15, -0.1) is 0 Å². The van der Waals surface area contributed by atoms with E-state index in [1.807, 2.05) is 0 Å². The standard InChI is InChI=1S/C11H16N4O/c1-15-3-2-7(6-15)10-13-9-5-12-4-8(9)11(16)14-10/h7,12H,2-6H2,1H3,(H,13,14,16). The zero-order chi connectivity index (χ0) is 11.1. The molecule has 5 nitrogen and oxygen atoms in total. The van der Waals surface area contributed by atoms with E-state index in [0.717, 1.165) is 43.1 Å². The van der Waals surface area contributed by atoms with E-state index in [1.54, 1.807) is 0 Å². The van der Waals surface area contributed by atoms with Gasteiger partial charge >= 0.3 is 0 Å². The van der Waals surface area contributed by atoms with Crippen molar-refractivity contribution in [3.05, 3.63) is 27.4 Å². The lowest BCUT2D eigenvalue weighted by molar-refractivity contribution is 0.409. The summed E-state index contributed by atoms with van der Waals surface area (Å²) in [5.41, 5.74) is 1.79. The number of nitrogens with one attached hydrogen (secondary N) is 2. The van der Waals surface area contributed by atoms with Crippen LogP contribution in [0.5, 0.6) is 0 Å². The summed E-state index contributed by atoms with van der Waals surface area (Å²) in [5, 5.41) is 3.16. The topological polar surface area (TPSA) is 61.0 Å². The van der Waals surface area contributed by atoms with Crippen molar-refractivity contribution in [3.8, 4) is 0 Å². The fraction of sp³-hybridized carbons (Fsp3) is 0.636. The van der Waals surface area contributed by atoms with E-state index in [2.05, 4.69) is 27.2 Å². The van der Waals surface area contributed by atoms with Gasteiger partial charge in [0.2, 0.25) is 0 Å². The summed E-state index contributed by atoms with van der Waals surface area (Å²) in [6, 6.07) is 0. The first kappa shape index (κ1) is 9.99. The Morgan fingerprint density at radius 1 is 1.44 bits per heavy atom. The van der Waals surface area contributed by atoms with E-state index in [1.165, 1.54) is 0 Å². The number of likely N-dealkylation sites (N-methyl/N-ethyl adjacent to an activating group) is 1. The van der Waals surface area contributed by atoms with Crippen LogP contribution in [0.15, 0.2) is 4.79 Å². The lowest BCUT2D eigenvalue weighted by atomic mass is 10.1. The maximum atomic E-state index is 11.8. The summed E-state index contributed by atoms with van der Waals surface area (Å²) in [6.07, 6.45) is 1.09. The number of likely N-dealkylation sites (tertiary alicyclic amines) is 1. The van der Waals surface area contributed by atoms with E-state index in [4.69, 9.17) is 0 Å². The number of H-pyrrole nitrogens is 1. The average molecular weight is 220 g/mol. The van der Waals surface area contributed by atoms with Gasteiger partial charge in [-0.25, -0.2) is 4.98 Å². The number of aromatic nitrogens is 2. The van der Waals surface area contributed by atoms with E-state index >= 15 is 0 Å². The highest BCUT2D eigenvalue weighted by atomic mass is 16.1. The molecule has 1 fully saturated rings. The van der Waals surface area contributed by atoms with Crippen LogP contribution in [0, 0.1) is 0 Å². The second kappa shape index (κ2) is 3.68. The smallest absolute Gasteiger partial charge is 0.255 e. The van der Waals surface area contributed by atoms with E-state index < -0.39 is 0 Å². The van der Waals surface area contributed by atoms with Crippen molar-refractivity contribution in [3.63, 3.8) is 0 Å². The SMILES string of the molecule is CN1CCC(c2nc3c(c(=O)[nH]2)CNC3)C1. The molecule has 1 atom stereocenters. The summed E-state index contributed by atoms with van der Waals surface area (Å²) in [4.78, 5) is 21.6. The Labute approximate surface area is 93.9 Å². The number of nitrogens with zero attached hydrogens (tertiary/aromatic N) is 2. The third-order valence-corrected chi connectivity index (χ3v) is 3.49. The van der Waals surface area contributed by atoms with Gasteiger partial charge in [-0.3, -0.25) is 4.79 Å². The van der Waals surface area contributed by atoms with Crippen LogP contribution in [0.25, 0.3) is 0 Å². The van der Waals surface area contributed by atoms with Crippen LogP contribution in [0.1, 0.15) is 29.4 Å². The molecule has 5 heteroatoms. The molecule has 86 valence electrons. The molecule has 2 aliphatic heterocycles. The zero-order valence-electron chi connectivity index (χ0n) is 9.42. The summed E-state index contributed by atoms with van der Waals surface area (Å²) >= 11 is 0. The quantitative estimate of drug-likeness (QED) is 0.687. The van der Waals surface area contributed by atoms with Crippen molar-refractivity contribution in [1.29, 1.82) is 0 Å². The molecule has 0 saturated carbocycles. The minimum atomic E-state index is 0.0413. The van der Waals surface area contributed by atoms with Crippen molar-refractivity contribution in [1.82, 2.24) is 20.2 Å². The van der Waals surface area contributed by atoms with Crippen molar-refractivity contribution < 1.29 is 0 Å². The van der Waals surface area contributed by atoms with Gasteiger partial charge in [-0.05, 0) is 20.0 Å². The van der Waals surface area contributed by atoms with Crippen LogP contribution in [-0.2, 0) is 13.1 Å². The molecule has 1 saturated heterocycles. The van der Waals surface area contributed by atoms with Crippen LogP contribution in [0.3, 0.4) is 0 Å². The maximum absolute atomic E-state index is 11.8. The molecule has 16 heavy (non-hydrogen) atoms. The Hall–Kier alpha value is -1.20. The molecule has 2 N–H and O–H groups in total. The third-order valence-electron chi connectivity index (χ3n) is 3.49. The first-order valence-electron chi connectivity index (χ1n) is 5.75. The average Bonchev–Trinajstić information content (AvgIpc) is 2.85. The highest BCUT2D eigenvalue weighted by molar-refractivity contribution is 5.22. The van der Waals surface area contributed by atoms with E-state index in [0.29, 0.717) is 12.5 Å². The molecule has 3 heterocycles. The minimum absolute atomic E-state index is 0.0413. The van der Waals surface area contributed by atoms with Gasteiger partial charge in [0.1, 0.15) is 5.82 Å². The number of fused-ring (bicyclic) bond motifs is 1. The number of hydrogen-bond donors (Lipinski definition) is 2. The largest absolute Gasteiger partial charge is 0.310 e. The fourth-order valence-electron chi connectivity index (χ4n) is 2.55. The van der Waals surface area contributed by atoms with Crippen molar-refractivity contribution >= 4 is 0 Å². The predicted molar refractivity (Wildman–Crippen MR) is 60.3 cm³/mol. The van der Waals surface area contributed by atoms with E-state index in [-0.39, 0.29) is 5.56 Å². The first-order valence-corrected chi connectivity index (χ1v) is 5.75. The summed E-state index contributed by atoms with van der Waals surface area (Å²) in [6.45, 7) is 3.47. The normalized spacial score (nSPS) is 24.9. The number of aromatic amines is 1. The zero-order valence-corrected chi connectivity index (χ0v) is 9.42. The molecule has 0 aromatic carbocycles. The van der Waals surface area contributed by atoms with Gasteiger partial charge in [-0.2, -0.15) is 0 Å². The Balaban J connectivity index is 1.97. The molecular formula is C11H16N4O. The summed E-state index contributed by atoms with van der Waals surface area (Å²) < 4.78 is 0. The van der Waals surface area contributed by atoms with Gasteiger partial charge in [0, 0.05) is 25.6 Å². The highest BCUT2D eigenvalue weighted by Crippen LogP contribution is 2.23. The first-order chi connectivity index (χ1) is 7.74. The van der Waals surface area contributed by atoms with Crippen LogP contribution in [0.2, 0.25) is 0 Å². The Kier molecular flexibility index (Phi) is 2.29. The van der Waals surface area contributed by atoms with E-state index in [9.17, 15) is 4.79 Å². The van der Waals surface area contributed by atoms with Crippen LogP contribution in [0.4, 0.5) is 0 Å². The summed E-state index contributed by atoms with van der Waals surface area (Å²) in [5.74, 6) is 1.26. The number of hydrogen-bond acceptors (Lipinski definition) is 4. The molecule has 0 radical (unpaired) electrons. The number of rotatable bonds is 1. The van der Waals surface area contributed by atoms with Crippen molar-refractivity contribution in [2.75, 3.05) is 20.1 Å². The Morgan fingerprint density at radius 3 is 3.06 bits per heavy atom.